The van der Waals surface area contributed by atoms with Gasteiger partial charge in [0.2, 0.25) is 0 Å². The molecule has 2 aromatic rings. The van der Waals surface area contributed by atoms with Crippen LogP contribution in [0, 0.1) is 0 Å². The molecule has 0 saturated carbocycles. The zero-order valence-electron chi connectivity index (χ0n) is 15.3. The highest BCUT2D eigenvalue weighted by atomic mass is 16.5. The van der Waals surface area contributed by atoms with Crippen molar-refractivity contribution in [3.63, 3.8) is 0 Å². The molecule has 0 bridgehead atoms. The average molecular weight is 382 g/mol. The summed E-state index contributed by atoms with van der Waals surface area (Å²) < 4.78 is 5.36. The molecule has 0 aliphatic carbocycles. The van der Waals surface area contributed by atoms with Crippen LogP contribution in [0.5, 0.6) is 0 Å². The topological polar surface area (TPSA) is 105 Å². The smallest absolute Gasteiger partial charge is 0.305 e. The first kappa shape index (κ1) is 19.6. The highest BCUT2D eigenvalue weighted by Crippen LogP contribution is 2.19. The van der Waals surface area contributed by atoms with Crippen molar-refractivity contribution >= 4 is 23.5 Å². The molecule has 3 N–H and O–H groups in total. The maximum absolute atomic E-state index is 12.7. The van der Waals surface area contributed by atoms with Crippen molar-refractivity contribution in [2.45, 2.75) is 31.4 Å². The molecule has 0 radical (unpaired) electrons. The Bertz CT molecular complexity index is 847. The molecule has 0 spiro atoms. The van der Waals surface area contributed by atoms with Gasteiger partial charge in [-0.3, -0.25) is 14.4 Å². The van der Waals surface area contributed by atoms with Crippen molar-refractivity contribution in [2.75, 3.05) is 11.9 Å². The highest BCUT2D eigenvalue weighted by Gasteiger charge is 2.24. The Balaban J connectivity index is 1.70. The second kappa shape index (κ2) is 9.14. The number of carboxylic acid groups (broad SMARTS) is 1. The summed E-state index contributed by atoms with van der Waals surface area (Å²) in [6, 6.07) is 14.8. The fourth-order valence-electron chi connectivity index (χ4n) is 3.10. The maximum atomic E-state index is 12.7. The first-order chi connectivity index (χ1) is 13.5. The number of amides is 2. The van der Waals surface area contributed by atoms with E-state index in [1.165, 1.54) is 0 Å². The van der Waals surface area contributed by atoms with E-state index in [0.717, 1.165) is 6.42 Å². The van der Waals surface area contributed by atoms with Crippen LogP contribution >= 0.6 is 0 Å². The molecule has 1 saturated heterocycles. The first-order valence-electron chi connectivity index (χ1n) is 9.13. The van der Waals surface area contributed by atoms with E-state index in [1.807, 2.05) is 6.07 Å². The second-order valence-corrected chi connectivity index (χ2v) is 6.61. The molecule has 1 heterocycles. The molecule has 1 aliphatic heterocycles. The van der Waals surface area contributed by atoms with Gasteiger partial charge in [0.1, 0.15) is 6.10 Å². The molecule has 7 heteroatoms. The lowest BCUT2D eigenvalue weighted by atomic mass is 10.0. The Morgan fingerprint density at radius 1 is 1.11 bits per heavy atom. The first-order valence-corrected chi connectivity index (χ1v) is 9.13. The Labute approximate surface area is 162 Å². The summed E-state index contributed by atoms with van der Waals surface area (Å²) in [5.41, 5.74) is 1.53. The van der Waals surface area contributed by atoms with E-state index in [2.05, 4.69) is 10.6 Å². The number of carboxylic acids is 1. The number of ether oxygens (including phenoxy) is 1. The van der Waals surface area contributed by atoms with Crippen LogP contribution < -0.4 is 10.6 Å². The molecule has 2 aromatic carbocycles. The summed E-state index contributed by atoms with van der Waals surface area (Å²) in [5.74, 6) is -1.65. The van der Waals surface area contributed by atoms with Gasteiger partial charge >= 0.3 is 5.97 Å². The predicted octanol–water partition coefficient (Wildman–Crippen LogP) is 2.75. The lowest BCUT2D eigenvalue weighted by Gasteiger charge is -2.18. The molecule has 2 unspecified atom stereocenters. The van der Waals surface area contributed by atoms with E-state index < -0.39 is 24.0 Å². The van der Waals surface area contributed by atoms with Crippen LogP contribution in [0.25, 0.3) is 0 Å². The lowest BCUT2D eigenvalue weighted by molar-refractivity contribution is -0.137. The molecule has 2 amide bonds. The Kier molecular flexibility index (Phi) is 6.39. The molecule has 3 rings (SSSR count). The largest absolute Gasteiger partial charge is 0.481 e. The van der Waals surface area contributed by atoms with E-state index in [9.17, 15) is 14.4 Å². The van der Waals surface area contributed by atoms with E-state index in [0.29, 0.717) is 29.8 Å². The zero-order valence-corrected chi connectivity index (χ0v) is 15.3. The molecular formula is C21H22N2O5. The van der Waals surface area contributed by atoms with Gasteiger partial charge in [0, 0.05) is 17.9 Å². The number of anilines is 1. The third kappa shape index (κ3) is 5.17. The minimum absolute atomic E-state index is 0.231. The molecule has 28 heavy (non-hydrogen) atoms. The van der Waals surface area contributed by atoms with Gasteiger partial charge in [-0.25, -0.2) is 0 Å². The van der Waals surface area contributed by atoms with Crippen LogP contribution in [0.1, 0.15) is 41.2 Å². The summed E-state index contributed by atoms with van der Waals surface area (Å²) in [7, 11) is 0. The number of carbonyl (C=O) groups is 3. The quantitative estimate of drug-likeness (QED) is 0.683. The summed E-state index contributed by atoms with van der Waals surface area (Å²) in [6.45, 7) is 0.574. The Morgan fingerprint density at radius 3 is 2.57 bits per heavy atom. The Morgan fingerprint density at radius 2 is 1.89 bits per heavy atom. The van der Waals surface area contributed by atoms with Gasteiger partial charge in [0.05, 0.1) is 12.5 Å². The van der Waals surface area contributed by atoms with E-state index >= 15 is 0 Å². The van der Waals surface area contributed by atoms with Crippen molar-refractivity contribution in [3.8, 4) is 0 Å². The van der Waals surface area contributed by atoms with Crippen molar-refractivity contribution in [3.05, 3.63) is 65.7 Å². The number of benzene rings is 2. The molecule has 2 atom stereocenters. The molecule has 1 aliphatic rings. The fourth-order valence-corrected chi connectivity index (χ4v) is 3.10. The average Bonchev–Trinajstić information content (AvgIpc) is 3.23. The number of aliphatic carboxylic acids is 1. The van der Waals surface area contributed by atoms with Gasteiger partial charge in [0.25, 0.3) is 11.8 Å². The number of carbonyl (C=O) groups excluding carboxylic acids is 2. The Hall–Kier alpha value is -3.19. The second-order valence-electron chi connectivity index (χ2n) is 6.61. The van der Waals surface area contributed by atoms with Crippen molar-refractivity contribution in [1.82, 2.24) is 5.32 Å². The van der Waals surface area contributed by atoms with Gasteiger partial charge in [-0.15, -0.1) is 0 Å². The van der Waals surface area contributed by atoms with Crippen molar-refractivity contribution in [1.29, 1.82) is 0 Å². The van der Waals surface area contributed by atoms with Crippen molar-refractivity contribution in [2.24, 2.45) is 0 Å². The zero-order chi connectivity index (χ0) is 19.9. The number of hydrogen-bond donors (Lipinski definition) is 3. The summed E-state index contributed by atoms with van der Waals surface area (Å²) >= 11 is 0. The molecule has 1 fully saturated rings. The third-order valence-electron chi connectivity index (χ3n) is 4.50. The van der Waals surface area contributed by atoms with Gasteiger partial charge in [-0.05, 0) is 36.6 Å². The van der Waals surface area contributed by atoms with E-state index in [4.69, 9.17) is 9.84 Å². The number of hydrogen-bond acceptors (Lipinski definition) is 4. The van der Waals surface area contributed by atoms with Crippen LogP contribution in [0.3, 0.4) is 0 Å². The number of nitrogens with one attached hydrogen (secondary N) is 2. The van der Waals surface area contributed by atoms with E-state index in [-0.39, 0.29) is 12.3 Å². The summed E-state index contributed by atoms with van der Waals surface area (Å²) in [5, 5.41) is 14.7. The maximum Gasteiger partial charge on any atom is 0.305 e. The third-order valence-corrected chi connectivity index (χ3v) is 4.50. The van der Waals surface area contributed by atoms with Gasteiger partial charge in [0.15, 0.2) is 0 Å². The standard InChI is InChI=1S/C21H22N2O5/c24-19(25)13-17(14-6-2-1-3-7-14)23-20(26)15-8-4-9-16(12-15)22-21(27)18-10-5-11-28-18/h1-4,6-9,12,17-18H,5,10-11,13H2,(H,22,27)(H,23,26)(H,24,25). The van der Waals surface area contributed by atoms with Crippen LogP contribution in [0.2, 0.25) is 0 Å². The normalized spacial score (nSPS) is 16.9. The van der Waals surface area contributed by atoms with Gasteiger partial charge in [-0.1, -0.05) is 36.4 Å². The fraction of sp³-hybridized carbons (Fsp3) is 0.286. The molecule has 0 aromatic heterocycles. The van der Waals surface area contributed by atoms with Crippen LogP contribution in [-0.4, -0.2) is 35.6 Å². The predicted molar refractivity (Wildman–Crippen MR) is 103 cm³/mol. The SMILES string of the molecule is O=C(O)CC(NC(=O)c1cccc(NC(=O)C2CCCO2)c1)c1ccccc1. The lowest BCUT2D eigenvalue weighted by Crippen LogP contribution is -2.30. The molecular weight excluding hydrogens is 360 g/mol. The van der Waals surface area contributed by atoms with Crippen molar-refractivity contribution < 1.29 is 24.2 Å². The highest BCUT2D eigenvalue weighted by molar-refractivity contribution is 5.98. The minimum atomic E-state index is -1.01. The van der Waals surface area contributed by atoms with Gasteiger partial charge in [-0.2, -0.15) is 0 Å². The molecule has 7 nitrogen and oxygen atoms in total. The van der Waals surface area contributed by atoms with E-state index in [1.54, 1.807) is 48.5 Å². The summed E-state index contributed by atoms with van der Waals surface area (Å²) in [4.78, 5) is 36.0. The monoisotopic (exact) mass is 382 g/mol. The number of rotatable bonds is 7. The van der Waals surface area contributed by atoms with Crippen LogP contribution in [-0.2, 0) is 14.3 Å². The molecule has 146 valence electrons. The van der Waals surface area contributed by atoms with Crippen LogP contribution in [0.15, 0.2) is 54.6 Å². The van der Waals surface area contributed by atoms with Gasteiger partial charge < -0.3 is 20.5 Å². The summed E-state index contributed by atoms with van der Waals surface area (Å²) in [6.07, 6.45) is 0.839. The minimum Gasteiger partial charge on any atom is -0.481 e. The van der Waals surface area contributed by atoms with Crippen LogP contribution in [0.4, 0.5) is 5.69 Å².